The average Bonchev–Trinajstić information content (AvgIpc) is 2.50. The largest absolute Gasteiger partial charge is 0.432 e. The number of hydrogen-bond acceptors (Lipinski definition) is 2. The summed E-state index contributed by atoms with van der Waals surface area (Å²) in [5.74, 6) is -0.647. The molecule has 0 aromatic carbocycles. The zero-order valence-electron chi connectivity index (χ0n) is 6.35. The van der Waals surface area contributed by atoms with Crippen LogP contribution in [0.25, 0.3) is 0 Å². The lowest BCUT2D eigenvalue weighted by atomic mass is 10.2. The van der Waals surface area contributed by atoms with Gasteiger partial charge < -0.3 is 0 Å². The molecule has 0 bridgehead atoms. The Labute approximate surface area is 71.3 Å². The summed E-state index contributed by atoms with van der Waals surface area (Å²) >= 11 is 0. The first-order chi connectivity index (χ1) is 5.95. The van der Waals surface area contributed by atoms with E-state index in [1.807, 2.05) is 0 Å². The van der Waals surface area contributed by atoms with E-state index >= 15 is 0 Å². The molecule has 1 aromatic heterocycles. The van der Waals surface area contributed by atoms with E-state index in [0.717, 1.165) is 6.08 Å². The molecule has 0 saturated carbocycles. The van der Waals surface area contributed by atoms with Crippen LogP contribution in [-0.2, 0) is 6.18 Å². The van der Waals surface area contributed by atoms with Gasteiger partial charge in [-0.2, -0.15) is 18.3 Å². The molecule has 70 valence electrons. The van der Waals surface area contributed by atoms with E-state index in [-0.39, 0.29) is 5.69 Å². The summed E-state index contributed by atoms with van der Waals surface area (Å²) in [5.41, 5.74) is -1.33. The highest BCUT2D eigenvalue weighted by molar-refractivity contribution is 6.02. The molecule has 0 aliphatic heterocycles. The first-order valence-electron chi connectivity index (χ1n) is 3.24. The van der Waals surface area contributed by atoms with Gasteiger partial charge in [0, 0.05) is 0 Å². The molecule has 0 fully saturated rings. The second-order valence-electron chi connectivity index (χ2n) is 2.23. The monoisotopic (exact) mass is 190 g/mol. The zero-order valence-corrected chi connectivity index (χ0v) is 6.35. The fraction of sp³-hybridized carbons (Fsp3) is 0.143. The van der Waals surface area contributed by atoms with Crippen molar-refractivity contribution < 1.29 is 18.0 Å². The Morgan fingerprint density at radius 1 is 1.62 bits per heavy atom. The van der Waals surface area contributed by atoms with E-state index < -0.39 is 17.7 Å². The van der Waals surface area contributed by atoms with Crippen molar-refractivity contribution in [1.82, 2.24) is 10.2 Å². The molecule has 0 aliphatic carbocycles. The number of allylic oxidation sites excluding steroid dienone is 1. The fourth-order valence-electron chi connectivity index (χ4n) is 0.698. The minimum atomic E-state index is -4.51. The smallest absolute Gasteiger partial charge is 0.287 e. The van der Waals surface area contributed by atoms with Gasteiger partial charge in [-0.05, 0) is 12.1 Å². The van der Waals surface area contributed by atoms with Crippen molar-refractivity contribution in [2.24, 2.45) is 0 Å². The quantitative estimate of drug-likeness (QED) is 0.570. The van der Waals surface area contributed by atoms with Crippen LogP contribution >= 0.6 is 0 Å². The number of H-pyrrole nitrogens is 1. The second-order valence-corrected chi connectivity index (χ2v) is 2.23. The maximum Gasteiger partial charge on any atom is 0.432 e. The maximum absolute atomic E-state index is 12.0. The maximum atomic E-state index is 12.0. The van der Waals surface area contributed by atoms with Gasteiger partial charge in [0.1, 0.15) is 11.4 Å². The van der Waals surface area contributed by atoms with Crippen LogP contribution < -0.4 is 0 Å². The van der Waals surface area contributed by atoms with E-state index in [0.29, 0.717) is 6.07 Å². The van der Waals surface area contributed by atoms with Crippen molar-refractivity contribution in [3.8, 4) is 0 Å². The molecule has 0 atom stereocenters. The van der Waals surface area contributed by atoms with Gasteiger partial charge in [-0.1, -0.05) is 6.58 Å². The van der Waals surface area contributed by atoms with Crippen molar-refractivity contribution in [2.45, 2.75) is 6.18 Å². The summed E-state index contributed by atoms with van der Waals surface area (Å²) < 4.78 is 35.9. The van der Waals surface area contributed by atoms with Crippen molar-refractivity contribution in [2.75, 3.05) is 0 Å². The van der Waals surface area contributed by atoms with Crippen LogP contribution in [0.5, 0.6) is 0 Å². The Bertz CT molecular complexity index is 340. The highest BCUT2D eigenvalue weighted by Gasteiger charge is 2.33. The summed E-state index contributed by atoms with van der Waals surface area (Å²) in [6.45, 7) is 3.12. The van der Waals surface area contributed by atoms with Crippen LogP contribution in [-0.4, -0.2) is 16.0 Å². The second kappa shape index (κ2) is 3.04. The Morgan fingerprint density at radius 3 is 2.62 bits per heavy atom. The van der Waals surface area contributed by atoms with Crippen LogP contribution in [0.4, 0.5) is 13.2 Å². The lowest BCUT2D eigenvalue weighted by Crippen LogP contribution is -2.04. The topological polar surface area (TPSA) is 45.8 Å². The summed E-state index contributed by atoms with van der Waals surface area (Å²) in [4.78, 5) is 10.8. The van der Waals surface area contributed by atoms with E-state index in [4.69, 9.17) is 0 Å². The molecule has 1 aromatic rings. The lowest BCUT2D eigenvalue weighted by Gasteiger charge is -1.99. The number of hydrogen-bond donors (Lipinski definition) is 1. The SMILES string of the molecule is C=CC(=O)c1cc(C(F)(F)F)[nH]n1. The Morgan fingerprint density at radius 2 is 2.23 bits per heavy atom. The molecule has 0 radical (unpaired) electrons. The predicted octanol–water partition coefficient (Wildman–Crippen LogP) is 1.80. The van der Waals surface area contributed by atoms with Crippen LogP contribution in [0.1, 0.15) is 16.2 Å². The van der Waals surface area contributed by atoms with Gasteiger partial charge in [-0.25, -0.2) is 0 Å². The lowest BCUT2D eigenvalue weighted by molar-refractivity contribution is -0.141. The zero-order chi connectivity index (χ0) is 10.1. The first-order valence-corrected chi connectivity index (χ1v) is 3.24. The number of carbonyl (C=O) groups excluding carboxylic acids is 1. The van der Waals surface area contributed by atoms with Gasteiger partial charge in [0.2, 0.25) is 5.78 Å². The number of aromatic amines is 1. The number of nitrogens with one attached hydrogen (secondary N) is 1. The number of ketones is 1. The molecule has 3 nitrogen and oxygen atoms in total. The van der Waals surface area contributed by atoms with Gasteiger partial charge in [0.25, 0.3) is 0 Å². The normalized spacial score (nSPS) is 11.3. The van der Waals surface area contributed by atoms with Crippen molar-refractivity contribution in [1.29, 1.82) is 0 Å². The minimum Gasteiger partial charge on any atom is -0.287 e. The van der Waals surface area contributed by atoms with Gasteiger partial charge in [-0.3, -0.25) is 9.89 Å². The standard InChI is InChI=1S/C7H5F3N2O/c1-2-5(13)4-3-6(12-11-4)7(8,9)10/h2-3H,1H2,(H,11,12). The molecule has 0 aliphatic rings. The van der Waals surface area contributed by atoms with Gasteiger partial charge in [-0.15, -0.1) is 0 Å². The Balaban J connectivity index is 3.00. The number of halogens is 3. The summed E-state index contributed by atoms with van der Waals surface area (Å²) in [6, 6.07) is 0.643. The Hall–Kier alpha value is -1.59. The third-order valence-corrected chi connectivity index (χ3v) is 1.32. The average molecular weight is 190 g/mol. The van der Waals surface area contributed by atoms with Crippen LogP contribution in [0.15, 0.2) is 18.7 Å². The molecule has 1 rings (SSSR count). The third kappa shape index (κ3) is 1.95. The van der Waals surface area contributed by atoms with Crippen molar-refractivity contribution >= 4 is 5.78 Å². The molecule has 6 heteroatoms. The highest BCUT2D eigenvalue weighted by atomic mass is 19.4. The molecule has 0 amide bonds. The minimum absolute atomic E-state index is 0.290. The predicted molar refractivity (Wildman–Crippen MR) is 38.1 cm³/mol. The van der Waals surface area contributed by atoms with Crippen molar-refractivity contribution in [3.63, 3.8) is 0 Å². The van der Waals surface area contributed by atoms with Crippen molar-refractivity contribution in [3.05, 3.63) is 30.1 Å². The molecular formula is C7H5F3N2O. The summed E-state index contributed by atoms with van der Waals surface area (Å²) in [6.07, 6.45) is -3.61. The molecule has 13 heavy (non-hydrogen) atoms. The van der Waals surface area contributed by atoms with Gasteiger partial charge >= 0.3 is 6.18 Å². The number of alkyl halides is 3. The number of rotatable bonds is 2. The molecule has 1 N–H and O–H groups in total. The molecule has 0 spiro atoms. The highest BCUT2D eigenvalue weighted by Crippen LogP contribution is 2.27. The number of aromatic nitrogens is 2. The van der Waals surface area contributed by atoms with Crippen LogP contribution in [0.3, 0.4) is 0 Å². The fourth-order valence-corrected chi connectivity index (χ4v) is 0.698. The summed E-state index contributed by atoms with van der Waals surface area (Å²) in [5, 5.41) is 4.90. The first kappa shape index (κ1) is 9.50. The van der Waals surface area contributed by atoms with E-state index in [1.54, 1.807) is 5.10 Å². The van der Waals surface area contributed by atoms with E-state index in [1.165, 1.54) is 0 Å². The van der Waals surface area contributed by atoms with Gasteiger partial charge in [0.05, 0.1) is 0 Å². The van der Waals surface area contributed by atoms with Crippen LogP contribution in [0.2, 0.25) is 0 Å². The van der Waals surface area contributed by atoms with Gasteiger partial charge in [0.15, 0.2) is 0 Å². The van der Waals surface area contributed by atoms with Crippen LogP contribution in [0, 0.1) is 0 Å². The van der Waals surface area contributed by atoms with E-state index in [2.05, 4.69) is 11.7 Å². The number of nitrogens with zero attached hydrogens (tertiary/aromatic N) is 1. The molecular weight excluding hydrogens is 185 g/mol. The third-order valence-electron chi connectivity index (χ3n) is 1.32. The Kier molecular flexibility index (Phi) is 2.22. The number of carbonyl (C=O) groups is 1. The summed E-state index contributed by atoms with van der Waals surface area (Å²) in [7, 11) is 0. The molecule has 0 unspecified atom stereocenters. The molecule has 1 heterocycles. The molecule has 0 saturated heterocycles. The van der Waals surface area contributed by atoms with E-state index in [9.17, 15) is 18.0 Å².